The summed E-state index contributed by atoms with van der Waals surface area (Å²) in [5, 5.41) is 0. The molecule has 1 aromatic heterocycles. The van der Waals surface area contributed by atoms with E-state index in [1.165, 1.54) is 5.56 Å². The van der Waals surface area contributed by atoms with Gasteiger partial charge in [0.05, 0.1) is 12.0 Å². The summed E-state index contributed by atoms with van der Waals surface area (Å²) in [7, 11) is 0. The molecule has 0 unspecified atom stereocenters. The van der Waals surface area contributed by atoms with Crippen molar-refractivity contribution in [3.63, 3.8) is 0 Å². The summed E-state index contributed by atoms with van der Waals surface area (Å²) in [5.74, 6) is 0.743. The van der Waals surface area contributed by atoms with E-state index >= 15 is 0 Å². The van der Waals surface area contributed by atoms with Crippen LogP contribution in [0.1, 0.15) is 50.7 Å². The van der Waals surface area contributed by atoms with E-state index in [2.05, 4.69) is 40.8 Å². The number of carbonyl (C=O) groups is 1. The van der Waals surface area contributed by atoms with E-state index in [-0.39, 0.29) is 17.4 Å². The summed E-state index contributed by atoms with van der Waals surface area (Å²) < 4.78 is 5.46. The van der Waals surface area contributed by atoms with E-state index in [4.69, 9.17) is 4.74 Å². The van der Waals surface area contributed by atoms with Crippen LogP contribution in [0.5, 0.6) is 0 Å². The van der Waals surface area contributed by atoms with Gasteiger partial charge in [-0.25, -0.2) is 9.97 Å². The molecule has 0 N–H and O–H groups in total. The molecule has 4 rings (SSSR count). The van der Waals surface area contributed by atoms with E-state index in [0.29, 0.717) is 12.6 Å². The third-order valence-electron chi connectivity index (χ3n) is 6.54. The largest absolute Gasteiger partial charge is 0.466 e. The lowest BCUT2D eigenvalue weighted by atomic mass is 9.72. The zero-order chi connectivity index (χ0) is 19.7. The molecule has 1 aromatic carbocycles. The second-order valence-electron chi connectivity index (χ2n) is 8.14. The summed E-state index contributed by atoms with van der Waals surface area (Å²) in [5.41, 5.74) is 3.00. The number of benzene rings is 1. The van der Waals surface area contributed by atoms with Crippen molar-refractivity contribution in [1.82, 2.24) is 14.9 Å². The van der Waals surface area contributed by atoms with Crippen molar-refractivity contribution >= 4 is 5.97 Å². The molecule has 0 amide bonds. The number of esters is 1. The number of fused-ring (bicyclic) bond motifs is 2. The van der Waals surface area contributed by atoms with Crippen LogP contribution in [0.4, 0.5) is 0 Å². The Balaban J connectivity index is 1.51. The van der Waals surface area contributed by atoms with Gasteiger partial charge >= 0.3 is 5.97 Å². The van der Waals surface area contributed by atoms with Crippen molar-refractivity contribution < 1.29 is 9.53 Å². The summed E-state index contributed by atoms with van der Waals surface area (Å²) in [6, 6.07) is 8.96. The van der Waals surface area contributed by atoms with Crippen molar-refractivity contribution in [2.45, 2.75) is 65.1 Å². The normalized spacial score (nSPS) is 26.5. The maximum absolute atomic E-state index is 12.7. The molecule has 2 aromatic rings. The van der Waals surface area contributed by atoms with E-state index in [0.717, 1.165) is 49.2 Å². The number of ether oxygens (including phenoxy) is 1. The lowest BCUT2D eigenvalue weighted by Gasteiger charge is -2.34. The summed E-state index contributed by atoms with van der Waals surface area (Å²) in [6.07, 6.45) is 7.84. The predicted octanol–water partition coefficient (Wildman–Crippen LogP) is 4.15. The first-order chi connectivity index (χ1) is 13.6. The van der Waals surface area contributed by atoms with Crippen LogP contribution < -0.4 is 0 Å². The Morgan fingerprint density at radius 2 is 2.04 bits per heavy atom. The van der Waals surface area contributed by atoms with Gasteiger partial charge in [0, 0.05) is 42.1 Å². The smallest absolute Gasteiger partial charge is 0.313 e. The van der Waals surface area contributed by atoms with E-state index < -0.39 is 0 Å². The molecule has 5 heteroatoms. The minimum atomic E-state index is -0.346. The standard InChI is InChI=1S/C23H29N3O2/c1-4-23(22(27)28-5-2)12-19-9-10-20(23)26(19)15-17-13-24-21(25-14-17)18-8-6-7-16(3)11-18/h6-8,11,13-14,19-20H,4-5,9-10,12,15H2,1-3H3/t19-,20+,23+/m0/s1. The summed E-state index contributed by atoms with van der Waals surface area (Å²) >= 11 is 0. The first kappa shape index (κ1) is 19.1. The van der Waals surface area contributed by atoms with Crippen LogP contribution in [0.25, 0.3) is 11.4 Å². The Morgan fingerprint density at radius 1 is 1.25 bits per heavy atom. The highest BCUT2D eigenvalue weighted by Gasteiger charge is 2.59. The van der Waals surface area contributed by atoms with Crippen molar-refractivity contribution in [3.8, 4) is 11.4 Å². The van der Waals surface area contributed by atoms with Gasteiger partial charge in [-0.3, -0.25) is 9.69 Å². The maximum Gasteiger partial charge on any atom is 0.313 e. The van der Waals surface area contributed by atoms with E-state index in [1.807, 2.05) is 31.5 Å². The molecule has 2 aliphatic heterocycles. The number of nitrogens with zero attached hydrogens (tertiary/aromatic N) is 3. The van der Waals surface area contributed by atoms with Gasteiger partial charge in [0.1, 0.15) is 0 Å². The van der Waals surface area contributed by atoms with Gasteiger partial charge < -0.3 is 4.74 Å². The maximum atomic E-state index is 12.7. The zero-order valence-corrected chi connectivity index (χ0v) is 17.0. The molecule has 2 fully saturated rings. The van der Waals surface area contributed by atoms with Gasteiger partial charge in [-0.15, -0.1) is 0 Å². The third kappa shape index (κ3) is 3.22. The molecular weight excluding hydrogens is 350 g/mol. The zero-order valence-electron chi connectivity index (χ0n) is 17.0. The fourth-order valence-corrected chi connectivity index (χ4v) is 5.14. The van der Waals surface area contributed by atoms with Gasteiger partial charge in [0.25, 0.3) is 0 Å². The average Bonchev–Trinajstić information content (AvgIpc) is 3.24. The molecule has 0 saturated carbocycles. The van der Waals surface area contributed by atoms with Gasteiger partial charge in [-0.2, -0.15) is 0 Å². The molecule has 0 radical (unpaired) electrons. The van der Waals surface area contributed by atoms with Gasteiger partial charge in [0.2, 0.25) is 0 Å². The first-order valence-corrected chi connectivity index (χ1v) is 10.4. The fourth-order valence-electron chi connectivity index (χ4n) is 5.14. The topological polar surface area (TPSA) is 55.3 Å². The second-order valence-corrected chi connectivity index (χ2v) is 8.14. The van der Waals surface area contributed by atoms with Crippen LogP contribution in [0, 0.1) is 12.3 Å². The van der Waals surface area contributed by atoms with E-state index in [9.17, 15) is 4.79 Å². The molecule has 3 heterocycles. The summed E-state index contributed by atoms with van der Waals surface area (Å²) in [6.45, 7) is 7.33. The van der Waals surface area contributed by atoms with Gasteiger partial charge in [-0.05, 0) is 45.6 Å². The number of carbonyl (C=O) groups excluding carboxylic acids is 1. The molecule has 148 valence electrons. The SMILES string of the molecule is CCOC(=O)[C@]1(CC)C[C@@H]2CC[C@H]1N2Cc1cnc(-c2cccc(C)c2)nc1. The summed E-state index contributed by atoms with van der Waals surface area (Å²) in [4.78, 5) is 24.4. The van der Waals surface area contributed by atoms with Gasteiger partial charge in [-0.1, -0.05) is 30.7 Å². The lowest BCUT2D eigenvalue weighted by Crippen LogP contribution is -2.44. The predicted molar refractivity (Wildman–Crippen MR) is 109 cm³/mol. The Bertz CT molecular complexity index is 851. The average molecular weight is 380 g/mol. The Morgan fingerprint density at radius 3 is 2.71 bits per heavy atom. The lowest BCUT2D eigenvalue weighted by molar-refractivity contribution is -0.157. The molecule has 2 saturated heterocycles. The molecular formula is C23H29N3O2. The molecule has 0 aliphatic carbocycles. The Labute approximate surface area is 167 Å². The number of aromatic nitrogens is 2. The highest BCUT2D eigenvalue weighted by atomic mass is 16.5. The Hall–Kier alpha value is -2.27. The van der Waals surface area contributed by atoms with Crippen molar-refractivity contribution in [1.29, 1.82) is 0 Å². The minimum absolute atomic E-state index is 0.0132. The minimum Gasteiger partial charge on any atom is -0.466 e. The van der Waals surface area contributed by atoms with Crippen LogP contribution in [0.2, 0.25) is 0 Å². The molecule has 2 aliphatic rings. The highest BCUT2D eigenvalue weighted by Crippen LogP contribution is 2.52. The number of aryl methyl sites for hydroxylation is 1. The highest BCUT2D eigenvalue weighted by molar-refractivity contribution is 5.78. The van der Waals surface area contributed by atoms with Crippen molar-refractivity contribution in [3.05, 3.63) is 47.8 Å². The quantitative estimate of drug-likeness (QED) is 0.706. The molecule has 28 heavy (non-hydrogen) atoms. The number of rotatable bonds is 6. The van der Waals surface area contributed by atoms with E-state index in [1.54, 1.807) is 0 Å². The number of hydrogen-bond donors (Lipinski definition) is 0. The van der Waals surface area contributed by atoms with Gasteiger partial charge in [0.15, 0.2) is 5.82 Å². The molecule has 3 atom stereocenters. The second kappa shape index (κ2) is 7.63. The van der Waals surface area contributed by atoms with Crippen LogP contribution >= 0.6 is 0 Å². The third-order valence-corrected chi connectivity index (χ3v) is 6.54. The number of hydrogen-bond acceptors (Lipinski definition) is 5. The molecule has 0 spiro atoms. The molecule has 5 nitrogen and oxygen atoms in total. The van der Waals surface area contributed by atoms with Crippen LogP contribution in [-0.4, -0.2) is 39.5 Å². The Kier molecular flexibility index (Phi) is 5.19. The fraction of sp³-hybridized carbons (Fsp3) is 0.522. The van der Waals surface area contributed by atoms with Crippen molar-refractivity contribution in [2.24, 2.45) is 5.41 Å². The monoisotopic (exact) mass is 379 g/mol. The first-order valence-electron chi connectivity index (χ1n) is 10.4. The van der Waals surface area contributed by atoms with Crippen LogP contribution in [-0.2, 0) is 16.1 Å². The molecule has 2 bridgehead atoms. The van der Waals surface area contributed by atoms with Crippen LogP contribution in [0.3, 0.4) is 0 Å². The van der Waals surface area contributed by atoms with Crippen molar-refractivity contribution in [2.75, 3.05) is 6.61 Å². The van der Waals surface area contributed by atoms with Crippen LogP contribution in [0.15, 0.2) is 36.7 Å².